The second-order valence-corrected chi connectivity index (χ2v) is 6.66. The molecule has 1 heterocycles. The Kier molecular flexibility index (Phi) is 5.76. The van der Waals surface area contributed by atoms with Crippen LogP contribution >= 0.6 is 11.8 Å². The topological polar surface area (TPSA) is 95.6 Å². The molecule has 1 aliphatic rings. The van der Waals surface area contributed by atoms with Crippen molar-refractivity contribution in [1.82, 2.24) is 5.32 Å². The summed E-state index contributed by atoms with van der Waals surface area (Å²) >= 11 is 1.96. The van der Waals surface area contributed by atoms with E-state index in [1.807, 2.05) is 11.8 Å². The molecule has 1 aliphatic heterocycles. The number of aromatic hydroxyl groups is 2. The van der Waals surface area contributed by atoms with Gasteiger partial charge in [-0.1, -0.05) is 6.07 Å². The molecule has 0 unspecified atom stereocenters. The van der Waals surface area contributed by atoms with Crippen LogP contribution in [0.25, 0.3) is 0 Å². The van der Waals surface area contributed by atoms with Gasteiger partial charge in [0.1, 0.15) is 0 Å². The van der Waals surface area contributed by atoms with Crippen LogP contribution in [0.5, 0.6) is 11.5 Å². The second-order valence-electron chi connectivity index (χ2n) is 5.43. The summed E-state index contributed by atoms with van der Waals surface area (Å²) in [4.78, 5) is 12.0. The number of benzene rings is 1. The molecular formula is C15H22N2O3S. The van der Waals surface area contributed by atoms with Crippen LogP contribution in [0.4, 0.5) is 0 Å². The number of phenols is 2. The Labute approximate surface area is 128 Å². The standard InChI is InChI=1S/C15H22N2O3S/c16-12(7-11-1-2-13(18)14(19)8-11)15(20)17-9-10-3-5-21-6-4-10/h1-2,8,10,12,18-19H,3-7,9,16H2,(H,17,20)/t12-/m0/s1. The number of carbonyl (C=O) groups excluding carboxylic acids is 1. The first-order valence-electron chi connectivity index (χ1n) is 7.18. The smallest absolute Gasteiger partial charge is 0.237 e. The quantitative estimate of drug-likeness (QED) is 0.614. The summed E-state index contributed by atoms with van der Waals surface area (Å²) in [5, 5.41) is 21.6. The highest BCUT2D eigenvalue weighted by molar-refractivity contribution is 7.99. The number of hydrogen-bond donors (Lipinski definition) is 4. The first kappa shape index (κ1) is 16.0. The summed E-state index contributed by atoms with van der Waals surface area (Å²) in [7, 11) is 0. The number of rotatable bonds is 5. The van der Waals surface area contributed by atoms with Gasteiger partial charge in [0.2, 0.25) is 5.91 Å². The lowest BCUT2D eigenvalue weighted by atomic mass is 10.0. The molecule has 1 amide bonds. The molecule has 2 rings (SSSR count). The third-order valence-electron chi connectivity index (χ3n) is 3.74. The minimum Gasteiger partial charge on any atom is -0.504 e. The summed E-state index contributed by atoms with van der Waals surface area (Å²) in [5.41, 5.74) is 6.62. The Morgan fingerprint density at radius 1 is 1.33 bits per heavy atom. The number of carbonyl (C=O) groups is 1. The SMILES string of the molecule is N[C@@H](Cc1ccc(O)c(O)c1)C(=O)NCC1CCSCC1. The molecule has 1 saturated heterocycles. The number of thioether (sulfide) groups is 1. The maximum Gasteiger partial charge on any atom is 0.237 e. The predicted octanol–water partition coefficient (Wildman–Crippen LogP) is 1.23. The van der Waals surface area contributed by atoms with Gasteiger partial charge in [0.25, 0.3) is 0 Å². The van der Waals surface area contributed by atoms with Gasteiger partial charge in [0.15, 0.2) is 11.5 Å². The molecule has 5 N–H and O–H groups in total. The lowest BCUT2D eigenvalue weighted by molar-refractivity contribution is -0.122. The van der Waals surface area contributed by atoms with Crippen LogP contribution in [0.15, 0.2) is 18.2 Å². The van der Waals surface area contributed by atoms with Crippen molar-refractivity contribution in [3.05, 3.63) is 23.8 Å². The lowest BCUT2D eigenvalue weighted by Crippen LogP contribution is -2.44. The fourth-order valence-electron chi connectivity index (χ4n) is 2.37. The molecule has 21 heavy (non-hydrogen) atoms. The van der Waals surface area contributed by atoms with E-state index in [2.05, 4.69) is 5.32 Å². The predicted molar refractivity (Wildman–Crippen MR) is 84.5 cm³/mol. The monoisotopic (exact) mass is 310 g/mol. The Hall–Kier alpha value is -1.40. The Morgan fingerprint density at radius 3 is 2.71 bits per heavy atom. The molecule has 0 aliphatic carbocycles. The number of nitrogens with one attached hydrogen (secondary N) is 1. The fourth-order valence-corrected chi connectivity index (χ4v) is 3.57. The van der Waals surface area contributed by atoms with Crippen LogP contribution in [-0.2, 0) is 11.2 Å². The van der Waals surface area contributed by atoms with Crippen LogP contribution in [0.3, 0.4) is 0 Å². The van der Waals surface area contributed by atoms with Crippen molar-refractivity contribution in [2.24, 2.45) is 11.7 Å². The second kappa shape index (κ2) is 7.56. The first-order valence-corrected chi connectivity index (χ1v) is 8.33. The van der Waals surface area contributed by atoms with Crippen LogP contribution in [-0.4, -0.2) is 40.2 Å². The Bertz CT molecular complexity index is 490. The van der Waals surface area contributed by atoms with E-state index in [0.717, 1.165) is 18.4 Å². The van der Waals surface area contributed by atoms with E-state index in [9.17, 15) is 15.0 Å². The van der Waals surface area contributed by atoms with Gasteiger partial charge in [-0.2, -0.15) is 11.8 Å². The molecule has 6 heteroatoms. The van der Waals surface area contributed by atoms with E-state index in [4.69, 9.17) is 5.73 Å². The van der Waals surface area contributed by atoms with Gasteiger partial charge in [0.05, 0.1) is 6.04 Å². The van der Waals surface area contributed by atoms with E-state index in [1.54, 1.807) is 6.07 Å². The molecular weight excluding hydrogens is 288 g/mol. The zero-order chi connectivity index (χ0) is 15.2. The third-order valence-corrected chi connectivity index (χ3v) is 4.79. The molecule has 0 saturated carbocycles. The van der Waals surface area contributed by atoms with Gasteiger partial charge in [-0.15, -0.1) is 0 Å². The molecule has 1 atom stereocenters. The highest BCUT2D eigenvalue weighted by Gasteiger charge is 2.18. The largest absolute Gasteiger partial charge is 0.504 e. The molecule has 1 fully saturated rings. The van der Waals surface area contributed by atoms with Crippen molar-refractivity contribution < 1.29 is 15.0 Å². The molecule has 116 valence electrons. The van der Waals surface area contributed by atoms with Gasteiger partial charge in [-0.3, -0.25) is 4.79 Å². The highest BCUT2D eigenvalue weighted by atomic mass is 32.2. The van der Waals surface area contributed by atoms with Crippen molar-refractivity contribution in [2.75, 3.05) is 18.1 Å². The maximum atomic E-state index is 12.0. The van der Waals surface area contributed by atoms with Crippen molar-refractivity contribution in [1.29, 1.82) is 0 Å². The minimum absolute atomic E-state index is 0.166. The number of phenolic OH excluding ortho intramolecular Hbond substituents is 2. The fraction of sp³-hybridized carbons (Fsp3) is 0.533. The number of hydrogen-bond acceptors (Lipinski definition) is 5. The van der Waals surface area contributed by atoms with Crippen LogP contribution in [0, 0.1) is 5.92 Å². The highest BCUT2D eigenvalue weighted by Crippen LogP contribution is 2.25. The zero-order valence-corrected chi connectivity index (χ0v) is 12.7. The van der Waals surface area contributed by atoms with Crippen LogP contribution in [0.2, 0.25) is 0 Å². The van der Waals surface area contributed by atoms with Crippen molar-refractivity contribution in [3.8, 4) is 11.5 Å². The summed E-state index contributed by atoms with van der Waals surface area (Å²) in [5.74, 6) is 2.35. The molecule has 0 aromatic heterocycles. The number of amides is 1. The van der Waals surface area contributed by atoms with Gasteiger partial charge in [0, 0.05) is 6.54 Å². The van der Waals surface area contributed by atoms with Crippen molar-refractivity contribution >= 4 is 17.7 Å². The van der Waals surface area contributed by atoms with E-state index in [-0.39, 0.29) is 17.4 Å². The first-order chi connectivity index (χ1) is 10.1. The van der Waals surface area contributed by atoms with Crippen LogP contribution in [0.1, 0.15) is 18.4 Å². The molecule has 0 bridgehead atoms. The van der Waals surface area contributed by atoms with Crippen LogP contribution < -0.4 is 11.1 Å². The summed E-state index contributed by atoms with van der Waals surface area (Å²) in [6.45, 7) is 0.688. The van der Waals surface area contributed by atoms with Gasteiger partial charge < -0.3 is 21.3 Å². The third kappa shape index (κ3) is 4.82. The van der Waals surface area contributed by atoms with E-state index in [0.29, 0.717) is 18.9 Å². The summed E-state index contributed by atoms with van der Waals surface area (Å²) in [6, 6.07) is 3.84. The molecule has 1 aromatic rings. The summed E-state index contributed by atoms with van der Waals surface area (Å²) < 4.78 is 0. The van der Waals surface area contributed by atoms with E-state index in [1.165, 1.54) is 23.6 Å². The van der Waals surface area contributed by atoms with Gasteiger partial charge in [-0.25, -0.2) is 0 Å². The van der Waals surface area contributed by atoms with E-state index >= 15 is 0 Å². The zero-order valence-electron chi connectivity index (χ0n) is 11.9. The average molecular weight is 310 g/mol. The maximum absolute atomic E-state index is 12.0. The van der Waals surface area contributed by atoms with Crippen molar-refractivity contribution in [3.63, 3.8) is 0 Å². The molecule has 0 spiro atoms. The normalized spacial score (nSPS) is 17.4. The Balaban J connectivity index is 1.79. The average Bonchev–Trinajstić information content (AvgIpc) is 2.49. The lowest BCUT2D eigenvalue weighted by Gasteiger charge is -2.22. The molecule has 5 nitrogen and oxygen atoms in total. The van der Waals surface area contributed by atoms with E-state index < -0.39 is 6.04 Å². The summed E-state index contributed by atoms with van der Waals surface area (Å²) in [6.07, 6.45) is 2.62. The van der Waals surface area contributed by atoms with Gasteiger partial charge >= 0.3 is 0 Å². The molecule has 1 aromatic carbocycles. The minimum atomic E-state index is -0.646. The molecule has 0 radical (unpaired) electrons. The number of nitrogens with two attached hydrogens (primary N) is 1. The van der Waals surface area contributed by atoms with Gasteiger partial charge in [-0.05, 0) is 54.4 Å². The van der Waals surface area contributed by atoms with Crippen molar-refractivity contribution in [2.45, 2.75) is 25.3 Å². The Morgan fingerprint density at radius 2 is 2.05 bits per heavy atom.